The Kier molecular flexibility index (Phi) is 1.34. The standard InChI is InChI=1S/C9H7N3/c1-7-5-11-9-4-3-8(10-2)6-12(7)9/h3-6H,1H3. The quantitative estimate of drug-likeness (QED) is 0.537. The first-order valence-corrected chi connectivity index (χ1v) is 3.62. The maximum absolute atomic E-state index is 6.83. The molecule has 2 heterocycles. The van der Waals surface area contributed by atoms with Crippen molar-refractivity contribution in [1.29, 1.82) is 0 Å². The number of hydrogen-bond donors (Lipinski definition) is 0. The molecule has 58 valence electrons. The van der Waals surface area contributed by atoms with Gasteiger partial charge in [-0.3, -0.25) is 0 Å². The highest BCUT2D eigenvalue weighted by Crippen LogP contribution is 2.14. The summed E-state index contributed by atoms with van der Waals surface area (Å²) in [6, 6.07) is 3.62. The first-order valence-electron chi connectivity index (χ1n) is 3.62. The average Bonchev–Trinajstić information content (AvgIpc) is 2.47. The SMILES string of the molecule is [C-]#[N+]c1ccc2ncc(C)n2c1. The molecule has 0 fully saturated rings. The van der Waals surface area contributed by atoms with Gasteiger partial charge in [0.2, 0.25) is 5.69 Å². The van der Waals surface area contributed by atoms with E-state index in [-0.39, 0.29) is 0 Å². The number of hydrogen-bond acceptors (Lipinski definition) is 1. The van der Waals surface area contributed by atoms with Crippen LogP contribution in [0.5, 0.6) is 0 Å². The molecule has 0 aliphatic heterocycles. The average molecular weight is 157 g/mol. The molecule has 0 radical (unpaired) electrons. The van der Waals surface area contributed by atoms with E-state index in [0.29, 0.717) is 5.69 Å². The van der Waals surface area contributed by atoms with Crippen LogP contribution >= 0.6 is 0 Å². The lowest BCUT2D eigenvalue weighted by Crippen LogP contribution is -1.84. The molecule has 2 aromatic heterocycles. The van der Waals surface area contributed by atoms with E-state index in [2.05, 4.69) is 9.83 Å². The number of nitrogens with zero attached hydrogens (tertiary/aromatic N) is 3. The fourth-order valence-corrected chi connectivity index (χ4v) is 1.16. The highest BCUT2D eigenvalue weighted by atomic mass is 15.0. The van der Waals surface area contributed by atoms with Crippen molar-refractivity contribution in [3.63, 3.8) is 0 Å². The third-order valence-corrected chi connectivity index (χ3v) is 1.80. The van der Waals surface area contributed by atoms with Crippen molar-refractivity contribution in [2.45, 2.75) is 6.92 Å². The van der Waals surface area contributed by atoms with Crippen molar-refractivity contribution < 1.29 is 0 Å². The van der Waals surface area contributed by atoms with Gasteiger partial charge >= 0.3 is 0 Å². The van der Waals surface area contributed by atoms with Crippen LogP contribution in [-0.2, 0) is 0 Å². The number of rotatable bonds is 0. The fraction of sp³-hybridized carbons (Fsp3) is 0.111. The van der Waals surface area contributed by atoms with Crippen LogP contribution in [0.25, 0.3) is 10.5 Å². The van der Waals surface area contributed by atoms with Crippen molar-refractivity contribution in [2.24, 2.45) is 0 Å². The summed E-state index contributed by atoms with van der Waals surface area (Å²) in [6.45, 7) is 8.80. The molecule has 0 aliphatic carbocycles. The van der Waals surface area contributed by atoms with Crippen LogP contribution in [0.3, 0.4) is 0 Å². The summed E-state index contributed by atoms with van der Waals surface area (Å²) in [6.07, 6.45) is 3.59. The minimum Gasteiger partial charge on any atom is -0.315 e. The smallest absolute Gasteiger partial charge is 0.203 e. The van der Waals surface area contributed by atoms with Gasteiger partial charge < -0.3 is 4.40 Å². The lowest BCUT2D eigenvalue weighted by Gasteiger charge is -1.95. The van der Waals surface area contributed by atoms with Crippen LogP contribution in [0.4, 0.5) is 5.69 Å². The maximum atomic E-state index is 6.83. The van der Waals surface area contributed by atoms with Crippen molar-refractivity contribution in [2.75, 3.05) is 0 Å². The van der Waals surface area contributed by atoms with Crippen LogP contribution in [0, 0.1) is 13.5 Å². The summed E-state index contributed by atoms with van der Waals surface area (Å²) in [5, 5.41) is 0. The second-order valence-electron chi connectivity index (χ2n) is 2.63. The molecule has 0 saturated carbocycles. The van der Waals surface area contributed by atoms with E-state index in [1.165, 1.54) is 0 Å². The highest BCUT2D eigenvalue weighted by Gasteiger charge is 1.98. The van der Waals surface area contributed by atoms with Crippen LogP contribution in [0.15, 0.2) is 24.5 Å². The monoisotopic (exact) mass is 157 g/mol. The van der Waals surface area contributed by atoms with E-state index in [4.69, 9.17) is 6.57 Å². The summed E-state index contributed by atoms with van der Waals surface area (Å²) in [4.78, 5) is 7.50. The normalized spacial score (nSPS) is 10.0. The Labute approximate surface area is 70.1 Å². The third-order valence-electron chi connectivity index (χ3n) is 1.80. The molecule has 0 aromatic carbocycles. The molecule has 2 rings (SSSR count). The Morgan fingerprint density at radius 1 is 1.50 bits per heavy atom. The molecular weight excluding hydrogens is 150 g/mol. The summed E-state index contributed by atoms with van der Waals surface area (Å²) in [5.74, 6) is 0. The Morgan fingerprint density at radius 2 is 2.33 bits per heavy atom. The van der Waals surface area contributed by atoms with Gasteiger partial charge in [0.1, 0.15) is 5.65 Å². The van der Waals surface area contributed by atoms with Crippen LogP contribution in [-0.4, -0.2) is 9.38 Å². The number of aromatic nitrogens is 2. The molecule has 0 amide bonds. The van der Waals surface area contributed by atoms with E-state index < -0.39 is 0 Å². The van der Waals surface area contributed by atoms with Gasteiger partial charge in [-0.1, -0.05) is 6.07 Å². The Balaban J connectivity index is 2.82. The van der Waals surface area contributed by atoms with Crippen LogP contribution in [0.2, 0.25) is 0 Å². The van der Waals surface area contributed by atoms with E-state index >= 15 is 0 Å². The van der Waals surface area contributed by atoms with Gasteiger partial charge in [-0.2, -0.15) is 0 Å². The molecule has 3 heteroatoms. The molecule has 3 nitrogen and oxygen atoms in total. The van der Waals surface area contributed by atoms with Crippen LogP contribution in [0.1, 0.15) is 5.69 Å². The first kappa shape index (κ1) is 6.86. The van der Waals surface area contributed by atoms with Crippen LogP contribution < -0.4 is 0 Å². The second kappa shape index (κ2) is 2.35. The van der Waals surface area contributed by atoms with E-state index in [1.807, 2.05) is 17.4 Å². The molecule has 12 heavy (non-hydrogen) atoms. The van der Waals surface area contributed by atoms with Gasteiger partial charge in [0.05, 0.1) is 6.57 Å². The van der Waals surface area contributed by atoms with E-state index in [0.717, 1.165) is 11.3 Å². The number of pyridine rings is 1. The number of aryl methyl sites for hydroxylation is 1. The zero-order chi connectivity index (χ0) is 8.55. The first-order chi connectivity index (χ1) is 5.81. The minimum atomic E-state index is 0.642. The van der Waals surface area contributed by atoms with Gasteiger partial charge in [0.25, 0.3) is 0 Å². The lowest BCUT2D eigenvalue weighted by atomic mass is 10.4. The lowest BCUT2D eigenvalue weighted by molar-refractivity contribution is 1.11. The summed E-state index contributed by atoms with van der Waals surface area (Å²) in [5.41, 5.74) is 2.58. The third kappa shape index (κ3) is 0.857. The largest absolute Gasteiger partial charge is 0.315 e. The zero-order valence-electron chi connectivity index (χ0n) is 6.65. The summed E-state index contributed by atoms with van der Waals surface area (Å²) in [7, 11) is 0. The van der Waals surface area contributed by atoms with E-state index in [9.17, 15) is 0 Å². The van der Waals surface area contributed by atoms with Gasteiger partial charge in [-0.05, 0) is 13.0 Å². The number of imidazole rings is 1. The summed E-state index contributed by atoms with van der Waals surface area (Å²) >= 11 is 0. The Bertz CT molecular complexity index is 462. The van der Waals surface area contributed by atoms with Crippen molar-refractivity contribution in [1.82, 2.24) is 9.38 Å². The van der Waals surface area contributed by atoms with Crippen molar-refractivity contribution in [3.8, 4) is 0 Å². The topological polar surface area (TPSA) is 21.7 Å². The second-order valence-corrected chi connectivity index (χ2v) is 2.63. The predicted octanol–water partition coefficient (Wildman–Crippen LogP) is 2.19. The molecule has 0 atom stereocenters. The van der Waals surface area contributed by atoms with Crippen molar-refractivity contribution in [3.05, 3.63) is 41.6 Å². The van der Waals surface area contributed by atoms with Gasteiger partial charge in [-0.25, -0.2) is 9.83 Å². The summed E-state index contributed by atoms with van der Waals surface area (Å²) < 4.78 is 1.91. The minimum absolute atomic E-state index is 0.642. The van der Waals surface area contributed by atoms with Gasteiger partial charge in [-0.15, -0.1) is 0 Å². The highest BCUT2D eigenvalue weighted by molar-refractivity contribution is 5.51. The van der Waals surface area contributed by atoms with Crippen molar-refractivity contribution >= 4 is 11.3 Å². The molecule has 0 aliphatic rings. The maximum Gasteiger partial charge on any atom is 0.203 e. The molecule has 0 N–H and O–H groups in total. The molecular formula is C9H7N3. The Hall–Kier alpha value is -1.82. The predicted molar refractivity (Wildman–Crippen MR) is 46.2 cm³/mol. The molecule has 0 saturated heterocycles. The molecule has 0 spiro atoms. The fourth-order valence-electron chi connectivity index (χ4n) is 1.16. The van der Waals surface area contributed by atoms with E-state index in [1.54, 1.807) is 18.5 Å². The molecule has 0 unspecified atom stereocenters. The Morgan fingerprint density at radius 3 is 3.08 bits per heavy atom. The molecule has 0 bridgehead atoms. The van der Waals surface area contributed by atoms with Gasteiger partial charge in [0.15, 0.2) is 0 Å². The zero-order valence-corrected chi connectivity index (χ0v) is 6.65. The van der Waals surface area contributed by atoms with Gasteiger partial charge in [0, 0.05) is 18.1 Å². The molecule has 2 aromatic rings. The number of fused-ring (bicyclic) bond motifs is 1.